The van der Waals surface area contributed by atoms with Crippen LogP contribution in [0.3, 0.4) is 0 Å². The summed E-state index contributed by atoms with van der Waals surface area (Å²) in [6.45, 7) is 3.36. The van der Waals surface area contributed by atoms with Gasteiger partial charge in [-0.3, -0.25) is 24.7 Å². The number of piperidine rings is 1. The molecule has 0 spiro atoms. The zero-order valence-corrected chi connectivity index (χ0v) is 23.2. The van der Waals surface area contributed by atoms with Crippen LogP contribution in [0.1, 0.15) is 47.7 Å². The molecule has 42 heavy (non-hydrogen) atoms. The third-order valence-electron chi connectivity index (χ3n) is 7.82. The summed E-state index contributed by atoms with van der Waals surface area (Å²) in [6.07, 6.45) is 5.11. The number of carbonyl (C=O) groups is 2. The summed E-state index contributed by atoms with van der Waals surface area (Å²) in [4.78, 5) is 50.9. The number of nitro benzene ring substituents is 1. The van der Waals surface area contributed by atoms with Crippen LogP contribution in [-0.2, 0) is 16.0 Å². The average molecular weight is 563 g/mol. The van der Waals surface area contributed by atoms with Crippen molar-refractivity contribution in [3.8, 4) is 11.3 Å². The second-order valence-corrected chi connectivity index (χ2v) is 10.7. The van der Waals surface area contributed by atoms with E-state index in [0.717, 1.165) is 54.0 Å². The molecule has 0 radical (unpaired) electrons. The Morgan fingerprint density at radius 1 is 1.07 bits per heavy atom. The van der Waals surface area contributed by atoms with Gasteiger partial charge in [-0.05, 0) is 61.1 Å². The Kier molecular flexibility index (Phi) is 7.35. The van der Waals surface area contributed by atoms with Crippen LogP contribution >= 0.6 is 0 Å². The number of anilines is 1. The number of aromatic amines is 1. The molecule has 3 heterocycles. The molecule has 1 atom stereocenters. The number of aryl methyl sites for hydroxylation is 1. The van der Waals surface area contributed by atoms with Crippen LogP contribution in [0.25, 0.3) is 11.3 Å². The standard InChI is InChI=1S/C32H30N6O4/c1-20-33-19-28(34-20)22-9-11-24(12-10-22)35-31(30-26-18-25(38(41)42)13-14-27(26)36-32(30)40)23-7-5-21(6-8-23)15-17-37-16-3-2-4-29(37)39/h5-14,18-19,30H,2-4,15-17H2,1H3,(H,33,34)(H,36,40). The quantitative estimate of drug-likeness (QED) is 0.161. The van der Waals surface area contributed by atoms with Gasteiger partial charge in [-0.25, -0.2) is 4.98 Å². The lowest BCUT2D eigenvalue weighted by molar-refractivity contribution is -0.384. The van der Waals surface area contributed by atoms with Crippen molar-refractivity contribution in [3.63, 3.8) is 0 Å². The van der Waals surface area contributed by atoms with Crippen LogP contribution in [0, 0.1) is 17.0 Å². The lowest BCUT2D eigenvalue weighted by Gasteiger charge is -2.26. The van der Waals surface area contributed by atoms with E-state index in [1.807, 2.05) is 60.4 Å². The number of hydrogen-bond donors (Lipinski definition) is 2. The number of benzene rings is 3. The molecule has 2 aliphatic rings. The molecule has 0 saturated carbocycles. The van der Waals surface area contributed by atoms with E-state index in [4.69, 9.17) is 4.99 Å². The maximum atomic E-state index is 13.3. The Labute approximate surface area is 242 Å². The number of nitrogens with one attached hydrogen (secondary N) is 2. The van der Waals surface area contributed by atoms with Crippen LogP contribution < -0.4 is 5.32 Å². The number of amides is 2. The molecule has 6 rings (SSSR count). The second kappa shape index (κ2) is 11.4. The Morgan fingerprint density at radius 2 is 1.86 bits per heavy atom. The van der Waals surface area contributed by atoms with Crippen molar-refractivity contribution in [2.24, 2.45) is 4.99 Å². The van der Waals surface area contributed by atoms with Gasteiger partial charge in [-0.1, -0.05) is 36.4 Å². The smallest absolute Gasteiger partial charge is 0.269 e. The highest BCUT2D eigenvalue weighted by molar-refractivity contribution is 6.24. The third-order valence-corrected chi connectivity index (χ3v) is 7.82. The van der Waals surface area contributed by atoms with E-state index in [0.29, 0.717) is 35.6 Å². The normalized spacial score (nSPS) is 16.8. The molecule has 10 heteroatoms. The number of carbonyl (C=O) groups excluding carboxylic acids is 2. The number of non-ortho nitro benzene ring substituents is 1. The van der Waals surface area contributed by atoms with Gasteiger partial charge in [0.2, 0.25) is 11.8 Å². The van der Waals surface area contributed by atoms with Crippen molar-refractivity contribution in [2.75, 3.05) is 18.4 Å². The molecule has 212 valence electrons. The van der Waals surface area contributed by atoms with Gasteiger partial charge in [-0.15, -0.1) is 0 Å². The van der Waals surface area contributed by atoms with Gasteiger partial charge in [0.15, 0.2) is 0 Å². The molecule has 4 aromatic rings. The lowest BCUT2D eigenvalue weighted by Crippen LogP contribution is -2.36. The fourth-order valence-electron chi connectivity index (χ4n) is 5.56. The van der Waals surface area contributed by atoms with Crippen LogP contribution in [0.4, 0.5) is 17.1 Å². The van der Waals surface area contributed by atoms with Gasteiger partial charge < -0.3 is 15.2 Å². The van der Waals surface area contributed by atoms with Crippen LogP contribution in [-0.4, -0.2) is 50.4 Å². The molecule has 10 nitrogen and oxygen atoms in total. The molecule has 1 fully saturated rings. The molecule has 3 aromatic carbocycles. The number of likely N-dealkylation sites (tertiary alicyclic amines) is 1. The second-order valence-electron chi connectivity index (χ2n) is 10.7. The fraction of sp³-hybridized carbons (Fsp3) is 0.250. The molecule has 0 aliphatic carbocycles. The van der Waals surface area contributed by atoms with E-state index in [9.17, 15) is 19.7 Å². The maximum Gasteiger partial charge on any atom is 0.269 e. The number of nitrogens with zero attached hydrogens (tertiary/aromatic N) is 4. The monoisotopic (exact) mass is 562 g/mol. The summed E-state index contributed by atoms with van der Waals surface area (Å²) in [5, 5.41) is 14.4. The topological polar surface area (TPSA) is 134 Å². The van der Waals surface area contributed by atoms with Gasteiger partial charge in [-0.2, -0.15) is 0 Å². The largest absolute Gasteiger partial charge is 0.342 e. The van der Waals surface area contributed by atoms with E-state index >= 15 is 0 Å². The highest BCUT2D eigenvalue weighted by atomic mass is 16.6. The molecule has 2 N–H and O–H groups in total. The summed E-state index contributed by atoms with van der Waals surface area (Å²) in [7, 11) is 0. The number of aliphatic imine (C=N–C) groups is 1. The summed E-state index contributed by atoms with van der Waals surface area (Å²) in [5.41, 5.74) is 5.76. The predicted molar refractivity (Wildman–Crippen MR) is 160 cm³/mol. The molecule has 0 bridgehead atoms. The maximum absolute atomic E-state index is 13.3. The van der Waals surface area contributed by atoms with Gasteiger partial charge in [0.25, 0.3) is 5.69 Å². The van der Waals surface area contributed by atoms with Gasteiger partial charge >= 0.3 is 0 Å². The summed E-state index contributed by atoms with van der Waals surface area (Å²) < 4.78 is 0. The number of fused-ring (bicyclic) bond motifs is 1. The highest BCUT2D eigenvalue weighted by Crippen LogP contribution is 2.38. The lowest BCUT2D eigenvalue weighted by atomic mass is 9.90. The first-order valence-corrected chi connectivity index (χ1v) is 14.0. The average Bonchev–Trinajstić information content (AvgIpc) is 3.58. The molecule has 2 amide bonds. The van der Waals surface area contributed by atoms with Crippen molar-refractivity contribution < 1.29 is 14.5 Å². The van der Waals surface area contributed by atoms with Crippen LogP contribution in [0.15, 0.2) is 77.9 Å². The van der Waals surface area contributed by atoms with Crippen molar-refractivity contribution >= 4 is 34.6 Å². The Bertz CT molecular complexity index is 1690. The number of rotatable bonds is 8. The Hall–Kier alpha value is -5.12. The number of imidazole rings is 1. The summed E-state index contributed by atoms with van der Waals surface area (Å²) in [6, 6.07) is 19.8. The molecule has 2 aliphatic heterocycles. The molecular weight excluding hydrogens is 532 g/mol. The number of aromatic nitrogens is 2. The van der Waals surface area contributed by atoms with E-state index in [2.05, 4.69) is 15.3 Å². The van der Waals surface area contributed by atoms with Crippen LogP contribution in [0.5, 0.6) is 0 Å². The number of H-pyrrole nitrogens is 1. The van der Waals surface area contributed by atoms with Crippen molar-refractivity contribution in [1.29, 1.82) is 0 Å². The predicted octanol–water partition coefficient (Wildman–Crippen LogP) is 5.71. The third kappa shape index (κ3) is 5.56. The fourth-order valence-corrected chi connectivity index (χ4v) is 5.56. The van der Waals surface area contributed by atoms with E-state index in [1.165, 1.54) is 12.1 Å². The SMILES string of the molecule is Cc1ncc(-c2ccc(N=C(c3ccc(CCN4CCCCC4=O)cc3)C3C(=O)Nc4ccc([N+](=O)[O-])cc43)cc2)[nH]1. The van der Waals surface area contributed by atoms with Crippen molar-refractivity contribution in [3.05, 3.63) is 106 Å². The zero-order chi connectivity index (χ0) is 29.2. The van der Waals surface area contributed by atoms with E-state index < -0.39 is 10.8 Å². The minimum Gasteiger partial charge on any atom is -0.342 e. The molecule has 1 aromatic heterocycles. The van der Waals surface area contributed by atoms with Gasteiger partial charge in [0, 0.05) is 42.9 Å². The first kappa shape index (κ1) is 27.1. The van der Waals surface area contributed by atoms with Gasteiger partial charge in [0.1, 0.15) is 11.7 Å². The van der Waals surface area contributed by atoms with E-state index in [-0.39, 0.29) is 17.5 Å². The van der Waals surface area contributed by atoms with Crippen LogP contribution in [0.2, 0.25) is 0 Å². The Balaban J connectivity index is 1.34. The van der Waals surface area contributed by atoms with E-state index in [1.54, 1.807) is 12.3 Å². The molecular formula is C32H30N6O4. The highest BCUT2D eigenvalue weighted by Gasteiger charge is 2.36. The van der Waals surface area contributed by atoms with Crippen molar-refractivity contribution in [1.82, 2.24) is 14.9 Å². The summed E-state index contributed by atoms with van der Waals surface area (Å²) in [5.74, 6) is -0.0884. The van der Waals surface area contributed by atoms with Gasteiger partial charge in [0.05, 0.1) is 28.2 Å². The first-order valence-electron chi connectivity index (χ1n) is 14.0. The number of hydrogen-bond acceptors (Lipinski definition) is 6. The number of nitro groups is 1. The molecule has 1 saturated heterocycles. The van der Waals surface area contributed by atoms with Crippen molar-refractivity contribution in [2.45, 2.75) is 38.5 Å². The molecule has 1 unspecified atom stereocenters. The summed E-state index contributed by atoms with van der Waals surface area (Å²) >= 11 is 0. The minimum atomic E-state index is -0.827. The Morgan fingerprint density at radius 3 is 2.55 bits per heavy atom. The zero-order valence-electron chi connectivity index (χ0n) is 23.2. The first-order chi connectivity index (χ1) is 20.4. The minimum absolute atomic E-state index is 0.0867.